The molecule has 0 amide bonds. The van der Waals surface area contributed by atoms with Crippen molar-refractivity contribution in [3.05, 3.63) is 0 Å². The Morgan fingerprint density at radius 3 is 1.60 bits per heavy atom. The van der Waals surface area contributed by atoms with Crippen LogP contribution in [0.15, 0.2) is 0 Å². The van der Waals surface area contributed by atoms with Crippen LogP contribution in [0.1, 0.15) is 48.5 Å². The van der Waals surface area contributed by atoms with Gasteiger partial charge in [0.1, 0.15) is 0 Å². The van der Waals surface area contributed by atoms with Crippen LogP contribution in [-0.2, 0) is 0 Å². The highest BCUT2D eigenvalue weighted by Gasteiger charge is 2.33. The monoisotopic (exact) mass is 214 g/mol. The van der Waals surface area contributed by atoms with Crippen molar-refractivity contribution in [1.29, 1.82) is 0 Å². The second-order valence-corrected chi connectivity index (χ2v) is 6.32. The summed E-state index contributed by atoms with van der Waals surface area (Å²) >= 11 is 0. The first kappa shape index (κ1) is 14.9. The summed E-state index contributed by atoms with van der Waals surface area (Å²) in [6, 6.07) is 1.20. The molecular formula is C13H30N2. The normalized spacial score (nSPS) is 19.4. The summed E-state index contributed by atoms with van der Waals surface area (Å²) in [6.07, 6.45) is 0. The highest BCUT2D eigenvalue weighted by atomic mass is 15.2. The van der Waals surface area contributed by atoms with Gasteiger partial charge in [0.15, 0.2) is 0 Å². The summed E-state index contributed by atoms with van der Waals surface area (Å²) in [6.45, 7) is 15.7. The Labute approximate surface area is 96.2 Å². The number of rotatable bonds is 4. The molecule has 15 heavy (non-hydrogen) atoms. The molecular weight excluding hydrogens is 184 g/mol. The van der Waals surface area contributed by atoms with Gasteiger partial charge in [-0.1, -0.05) is 34.6 Å². The number of hydrogen-bond acceptors (Lipinski definition) is 2. The summed E-state index contributed by atoms with van der Waals surface area (Å²) in [5.74, 6) is 0.665. The van der Waals surface area contributed by atoms with Gasteiger partial charge in [0.25, 0.3) is 0 Å². The van der Waals surface area contributed by atoms with Crippen molar-refractivity contribution < 1.29 is 0 Å². The minimum atomic E-state index is 0.205. The lowest BCUT2D eigenvalue weighted by atomic mass is 9.81. The Morgan fingerprint density at radius 1 is 1.00 bits per heavy atom. The zero-order chi connectivity index (χ0) is 12.4. The summed E-state index contributed by atoms with van der Waals surface area (Å²) in [4.78, 5) is 2.44. The highest BCUT2D eigenvalue weighted by molar-refractivity contribution is 4.90. The second kappa shape index (κ2) is 5.31. The first-order valence-corrected chi connectivity index (χ1v) is 6.06. The Hall–Kier alpha value is -0.0800. The topological polar surface area (TPSA) is 29.3 Å². The molecule has 3 unspecified atom stereocenters. The molecule has 0 aliphatic heterocycles. The van der Waals surface area contributed by atoms with E-state index >= 15 is 0 Å². The molecule has 0 heterocycles. The average molecular weight is 214 g/mol. The molecule has 0 aliphatic carbocycles. The van der Waals surface area contributed by atoms with E-state index in [0.29, 0.717) is 18.0 Å². The Bertz CT molecular complexity index is 179. The predicted molar refractivity (Wildman–Crippen MR) is 69.0 cm³/mol. The molecule has 2 heteroatoms. The van der Waals surface area contributed by atoms with Crippen LogP contribution in [0.3, 0.4) is 0 Å². The highest BCUT2D eigenvalue weighted by Crippen LogP contribution is 2.28. The largest absolute Gasteiger partial charge is 0.327 e. The van der Waals surface area contributed by atoms with Crippen LogP contribution in [0.2, 0.25) is 0 Å². The molecule has 0 bridgehead atoms. The third-order valence-corrected chi connectivity index (χ3v) is 3.43. The van der Waals surface area contributed by atoms with Crippen molar-refractivity contribution in [2.45, 2.75) is 66.6 Å². The maximum absolute atomic E-state index is 6.12. The van der Waals surface area contributed by atoms with E-state index in [0.717, 1.165) is 0 Å². The van der Waals surface area contributed by atoms with E-state index < -0.39 is 0 Å². The van der Waals surface area contributed by atoms with Crippen LogP contribution < -0.4 is 5.73 Å². The van der Waals surface area contributed by atoms with Crippen molar-refractivity contribution in [3.63, 3.8) is 0 Å². The van der Waals surface area contributed by atoms with Gasteiger partial charge in [-0.25, -0.2) is 0 Å². The van der Waals surface area contributed by atoms with Crippen LogP contribution in [0, 0.1) is 11.3 Å². The number of likely N-dealkylation sites (N-methyl/N-ethyl adjacent to an activating group) is 1. The van der Waals surface area contributed by atoms with E-state index in [2.05, 4.69) is 60.4 Å². The van der Waals surface area contributed by atoms with Crippen LogP contribution in [0.5, 0.6) is 0 Å². The third-order valence-electron chi connectivity index (χ3n) is 3.43. The Balaban J connectivity index is 4.79. The Kier molecular flexibility index (Phi) is 5.28. The predicted octanol–water partition coefficient (Wildman–Crippen LogP) is 2.72. The molecule has 0 aromatic rings. The lowest BCUT2D eigenvalue weighted by Crippen LogP contribution is -2.55. The van der Waals surface area contributed by atoms with Gasteiger partial charge >= 0.3 is 0 Å². The van der Waals surface area contributed by atoms with Gasteiger partial charge in [-0.05, 0) is 32.2 Å². The van der Waals surface area contributed by atoms with Crippen molar-refractivity contribution in [1.82, 2.24) is 4.90 Å². The SMILES string of the molecule is CC(C)C(C)N(C)C(C(C)N)C(C)(C)C. The fourth-order valence-corrected chi connectivity index (χ4v) is 2.49. The molecule has 92 valence electrons. The van der Waals surface area contributed by atoms with Crippen LogP contribution in [0.4, 0.5) is 0 Å². The van der Waals surface area contributed by atoms with Crippen LogP contribution in [0.25, 0.3) is 0 Å². The quantitative estimate of drug-likeness (QED) is 0.779. The molecule has 0 aromatic carbocycles. The fourth-order valence-electron chi connectivity index (χ4n) is 2.49. The summed E-state index contributed by atoms with van der Waals surface area (Å²) in [5.41, 5.74) is 6.35. The molecule has 0 saturated carbocycles. The van der Waals surface area contributed by atoms with Crippen molar-refractivity contribution >= 4 is 0 Å². The van der Waals surface area contributed by atoms with E-state index in [1.807, 2.05) is 0 Å². The van der Waals surface area contributed by atoms with Crippen molar-refractivity contribution in [2.24, 2.45) is 17.1 Å². The maximum Gasteiger partial charge on any atom is 0.0292 e. The fraction of sp³-hybridized carbons (Fsp3) is 1.00. The first-order chi connectivity index (χ1) is 6.59. The minimum absolute atomic E-state index is 0.205. The zero-order valence-corrected chi connectivity index (χ0v) is 11.8. The van der Waals surface area contributed by atoms with E-state index in [1.165, 1.54) is 0 Å². The molecule has 2 nitrogen and oxygen atoms in total. The summed E-state index contributed by atoms with van der Waals surface area (Å²) < 4.78 is 0. The molecule has 0 aliphatic rings. The minimum Gasteiger partial charge on any atom is -0.327 e. The number of hydrogen-bond donors (Lipinski definition) is 1. The number of nitrogens with two attached hydrogens (primary N) is 1. The summed E-state index contributed by atoms with van der Waals surface area (Å²) in [5, 5.41) is 0. The lowest BCUT2D eigenvalue weighted by molar-refractivity contribution is 0.0574. The first-order valence-electron chi connectivity index (χ1n) is 6.06. The van der Waals surface area contributed by atoms with Gasteiger partial charge in [0, 0.05) is 18.1 Å². The van der Waals surface area contributed by atoms with Gasteiger partial charge < -0.3 is 5.73 Å². The molecule has 0 rings (SSSR count). The van der Waals surface area contributed by atoms with E-state index in [1.54, 1.807) is 0 Å². The van der Waals surface area contributed by atoms with Gasteiger partial charge in [0.2, 0.25) is 0 Å². The average Bonchev–Trinajstić information content (AvgIpc) is 1.98. The van der Waals surface area contributed by atoms with Gasteiger partial charge in [-0.3, -0.25) is 4.90 Å². The molecule has 0 radical (unpaired) electrons. The molecule has 0 spiro atoms. The maximum atomic E-state index is 6.12. The second-order valence-electron chi connectivity index (χ2n) is 6.32. The molecule has 2 N–H and O–H groups in total. The van der Waals surface area contributed by atoms with Gasteiger partial charge in [-0.2, -0.15) is 0 Å². The van der Waals surface area contributed by atoms with Gasteiger partial charge in [0.05, 0.1) is 0 Å². The molecule has 0 aromatic heterocycles. The molecule has 0 fully saturated rings. The molecule has 0 saturated heterocycles. The van der Waals surface area contributed by atoms with Crippen LogP contribution in [-0.4, -0.2) is 30.1 Å². The smallest absolute Gasteiger partial charge is 0.0292 e. The summed E-state index contributed by atoms with van der Waals surface area (Å²) in [7, 11) is 2.20. The number of nitrogens with zero attached hydrogens (tertiary/aromatic N) is 1. The van der Waals surface area contributed by atoms with Crippen molar-refractivity contribution in [3.8, 4) is 0 Å². The van der Waals surface area contributed by atoms with E-state index in [-0.39, 0.29) is 11.5 Å². The van der Waals surface area contributed by atoms with Crippen molar-refractivity contribution in [2.75, 3.05) is 7.05 Å². The Morgan fingerprint density at radius 2 is 1.40 bits per heavy atom. The van der Waals surface area contributed by atoms with E-state index in [9.17, 15) is 0 Å². The third kappa shape index (κ3) is 4.12. The molecule has 3 atom stereocenters. The van der Waals surface area contributed by atoms with Crippen LogP contribution >= 0.6 is 0 Å². The standard InChI is InChI=1S/C13H30N2/c1-9(2)11(4)15(8)12(10(3)14)13(5,6)7/h9-12H,14H2,1-8H3. The van der Waals surface area contributed by atoms with Gasteiger partial charge in [-0.15, -0.1) is 0 Å². The lowest BCUT2D eigenvalue weighted by Gasteiger charge is -2.44. The zero-order valence-electron chi connectivity index (χ0n) is 11.8. The van der Waals surface area contributed by atoms with E-state index in [4.69, 9.17) is 5.73 Å².